The molecule has 0 saturated carbocycles. The molecule has 1 heterocycles. The number of nitrogens with two attached hydrogens (primary N) is 1. The van der Waals surface area contributed by atoms with E-state index < -0.39 is 5.97 Å². The molecule has 0 aliphatic carbocycles. The summed E-state index contributed by atoms with van der Waals surface area (Å²) in [5.41, 5.74) is 7.08. The number of aromatic carboxylic acids is 1. The summed E-state index contributed by atoms with van der Waals surface area (Å²) in [4.78, 5) is 11.0. The van der Waals surface area contributed by atoms with Crippen molar-refractivity contribution in [2.24, 2.45) is 0 Å². The van der Waals surface area contributed by atoms with Gasteiger partial charge in [-0.15, -0.1) is 0 Å². The van der Waals surface area contributed by atoms with Crippen LogP contribution in [-0.2, 0) is 6.42 Å². The smallest absolute Gasteiger partial charge is 0.341 e. The van der Waals surface area contributed by atoms with Crippen LogP contribution >= 0.6 is 0 Å². The Balaban J connectivity index is 1.98. The van der Waals surface area contributed by atoms with Gasteiger partial charge in [-0.2, -0.15) is 5.10 Å². The molecule has 2 rings (SSSR count). The largest absolute Gasteiger partial charge is 0.493 e. The number of aromatic nitrogens is 2. The van der Waals surface area contributed by atoms with Gasteiger partial charge in [-0.3, -0.25) is 5.10 Å². The predicted octanol–water partition coefficient (Wildman–Crippen LogP) is 1.62. The quantitative estimate of drug-likeness (QED) is 0.759. The van der Waals surface area contributed by atoms with Crippen LogP contribution in [-0.4, -0.2) is 27.9 Å². The van der Waals surface area contributed by atoms with Crippen molar-refractivity contribution in [1.82, 2.24) is 10.2 Å². The van der Waals surface area contributed by atoms with Crippen LogP contribution in [0.25, 0.3) is 0 Å². The highest BCUT2D eigenvalue weighted by Gasteiger charge is 2.17. The lowest BCUT2D eigenvalue weighted by atomic mass is 10.2. The lowest BCUT2D eigenvalue weighted by molar-refractivity contribution is 0.0697. The molecule has 6 nitrogen and oxygen atoms in total. The van der Waals surface area contributed by atoms with Gasteiger partial charge in [-0.25, -0.2) is 4.79 Å². The number of anilines is 1. The van der Waals surface area contributed by atoms with Gasteiger partial charge in [0.05, 0.1) is 12.3 Å². The number of rotatable bonds is 5. The monoisotopic (exact) mass is 261 g/mol. The number of carboxylic acids is 1. The van der Waals surface area contributed by atoms with Crippen molar-refractivity contribution in [2.75, 3.05) is 12.3 Å². The summed E-state index contributed by atoms with van der Waals surface area (Å²) in [6.07, 6.45) is 0.403. The second-order valence-corrected chi connectivity index (χ2v) is 4.18. The number of hydrogen-bond acceptors (Lipinski definition) is 4. The molecule has 1 aromatic carbocycles. The van der Waals surface area contributed by atoms with E-state index in [9.17, 15) is 4.79 Å². The van der Waals surface area contributed by atoms with Crippen LogP contribution in [0.5, 0.6) is 5.75 Å². The van der Waals surface area contributed by atoms with E-state index >= 15 is 0 Å². The van der Waals surface area contributed by atoms with Crippen molar-refractivity contribution in [2.45, 2.75) is 13.3 Å². The van der Waals surface area contributed by atoms with Crippen molar-refractivity contribution in [1.29, 1.82) is 0 Å². The molecule has 0 aliphatic rings. The van der Waals surface area contributed by atoms with Crippen molar-refractivity contribution >= 4 is 11.8 Å². The lowest BCUT2D eigenvalue weighted by Crippen LogP contribution is -2.08. The zero-order chi connectivity index (χ0) is 13.8. The number of nitrogens with zero attached hydrogens (tertiary/aromatic N) is 1. The van der Waals surface area contributed by atoms with Crippen LogP contribution in [0.3, 0.4) is 0 Å². The summed E-state index contributed by atoms with van der Waals surface area (Å²) in [5.74, 6) is -0.334. The average Bonchev–Trinajstić information content (AvgIpc) is 2.71. The number of nitrogen functional groups attached to an aromatic ring is 1. The molecule has 2 aromatic rings. The van der Waals surface area contributed by atoms with E-state index in [-0.39, 0.29) is 11.4 Å². The third kappa shape index (κ3) is 3.04. The number of aryl methyl sites for hydroxylation is 1. The molecule has 6 heteroatoms. The van der Waals surface area contributed by atoms with Gasteiger partial charge in [0.25, 0.3) is 0 Å². The molecule has 0 spiro atoms. The molecular weight excluding hydrogens is 246 g/mol. The third-order valence-corrected chi connectivity index (χ3v) is 2.69. The first kappa shape index (κ1) is 12.9. The number of hydrogen-bond donors (Lipinski definition) is 3. The molecule has 0 aliphatic heterocycles. The number of aromatic amines is 1. The van der Waals surface area contributed by atoms with Crippen LogP contribution in [0.2, 0.25) is 0 Å². The Morgan fingerprint density at radius 1 is 1.53 bits per heavy atom. The lowest BCUT2D eigenvalue weighted by Gasteiger charge is -2.06. The highest BCUT2D eigenvalue weighted by Crippen LogP contribution is 2.16. The Morgan fingerprint density at radius 3 is 3.00 bits per heavy atom. The van der Waals surface area contributed by atoms with Gasteiger partial charge in [-0.1, -0.05) is 12.1 Å². The van der Waals surface area contributed by atoms with Gasteiger partial charge in [0.1, 0.15) is 11.3 Å². The maximum absolute atomic E-state index is 11.0. The van der Waals surface area contributed by atoms with E-state index in [1.54, 1.807) is 0 Å². The van der Waals surface area contributed by atoms with Gasteiger partial charge in [0.15, 0.2) is 5.82 Å². The summed E-state index contributed by atoms with van der Waals surface area (Å²) in [6.45, 7) is 2.33. The number of H-pyrrole nitrogens is 1. The first-order valence-electron chi connectivity index (χ1n) is 5.83. The first-order valence-corrected chi connectivity index (χ1v) is 5.83. The topological polar surface area (TPSA) is 101 Å². The zero-order valence-corrected chi connectivity index (χ0v) is 10.5. The zero-order valence-electron chi connectivity index (χ0n) is 10.5. The summed E-state index contributed by atoms with van der Waals surface area (Å²) in [5, 5.41) is 15.3. The maximum atomic E-state index is 11.0. The molecule has 0 saturated heterocycles. The fourth-order valence-corrected chi connectivity index (χ4v) is 1.79. The normalized spacial score (nSPS) is 10.4. The molecule has 1 aromatic heterocycles. The summed E-state index contributed by atoms with van der Waals surface area (Å²) in [6, 6.07) is 7.65. The summed E-state index contributed by atoms with van der Waals surface area (Å²) >= 11 is 0. The highest BCUT2D eigenvalue weighted by atomic mass is 16.5. The van der Waals surface area contributed by atoms with Crippen LogP contribution in [0, 0.1) is 6.92 Å². The summed E-state index contributed by atoms with van der Waals surface area (Å²) < 4.78 is 5.55. The molecule has 19 heavy (non-hydrogen) atoms. The van der Waals surface area contributed by atoms with Gasteiger partial charge in [0, 0.05) is 6.42 Å². The van der Waals surface area contributed by atoms with Gasteiger partial charge in [-0.05, 0) is 24.6 Å². The van der Waals surface area contributed by atoms with E-state index in [0.29, 0.717) is 18.7 Å². The van der Waals surface area contributed by atoms with Crippen molar-refractivity contribution < 1.29 is 14.6 Å². The van der Waals surface area contributed by atoms with Crippen molar-refractivity contribution in [3.63, 3.8) is 0 Å². The third-order valence-electron chi connectivity index (χ3n) is 2.69. The maximum Gasteiger partial charge on any atom is 0.341 e. The molecule has 100 valence electrons. The van der Waals surface area contributed by atoms with Gasteiger partial charge < -0.3 is 15.6 Å². The van der Waals surface area contributed by atoms with Crippen molar-refractivity contribution in [3.05, 3.63) is 41.1 Å². The van der Waals surface area contributed by atoms with Crippen LogP contribution in [0.15, 0.2) is 24.3 Å². The number of carbonyl (C=O) groups is 1. The number of carboxylic acid groups (broad SMARTS) is 1. The molecule has 0 radical (unpaired) electrons. The Morgan fingerprint density at radius 2 is 2.32 bits per heavy atom. The van der Waals surface area contributed by atoms with Gasteiger partial charge >= 0.3 is 5.97 Å². The predicted molar refractivity (Wildman–Crippen MR) is 70.3 cm³/mol. The van der Waals surface area contributed by atoms with E-state index in [1.165, 1.54) is 0 Å². The molecule has 0 amide bonds. The average molecular weight is 261 g/mol. The van der Waals surface area contributed by atoms with Crippen LogP contribution in [0.1, 0.15) is 21.6 Å². The highest BCUT2D eigenvalue weighted by molar-refractivity contribution is 5.93. The SMILES string of the molecule is Cc1cccc(OCCc2[nH]nc(N)c2C(=O)O)c1. The van der Waals surface area contributed by atoms with Gasteiger partial charge in [0.2, 0.25) is 0 Å². The number of ether oxygens (including phenoxy) is 1. The second kappa shape index (κ2) is 5.43. The van der Waals surface area contributed by atoms with E-state index in [1.807, 2.05) is 31.2 Å². The number of nitrogens with one attached hydrogen (secondary N) is 1. The van der Waals surface area contributed by atoms with Crippen molar-refractivity contribution in [3.8, 4) is 5.75 Å². The van der Waals surface area contributed by atoms with E-state index in [0.717, 1.165) is 11.3 Å². The molecular formula is C13H15N3O3. The first-order chi connectivity index (χ1) is 9.08. The minimum atomic E-state index is -1.09. The minimum absolute atomic E-state index is 0.00180. The minimum Gasteiger partial charge on any atom is -0.493 e. The molecule has 4 N–H and O–H groups in total. The van der Waals surface area contributed by atoms with Crippen LogP contribution in [0.4, 0.5) is 5.82 Å². The molecule has 0 atom stereocenters. The molecule has 0 unspecified atom stereocenters. The summed E-state index contributed by atoms with van der Waals surface area (Å²) in [7, 11) is 0. The molecule has 0 bridgehead atoms. The van der Waals surface area contributed by atoms with Crippen LogP contribution < -0.4 is 10.5 Å². The fourth-order valence-electron chi connectivity index (χ4n) is 1.79. The number of benzene rings is 1. The van der Waals surface area contributed by atoms with E-state index in [2.05, 4.69) is 10.2 Å². The standard InChI is InChI=1S/C13H15N3O3/c1-8-3-2-4-9(7-8)19-6-5-10-11(13(17)18)12(14)16-15-10/h2-4,7H,5-6H2,1H3,(H,17,18)(H3,14,15,16). The Kier molecular flexibility index (Phi) is 3.70. The second-order valence-electron chi connectivity index (χ2n) is 4.18. The van der Waals surface area contributed by atoms with E-state index in [4.69, 9.17) is 15.6 Å². The fraction of sp³-hybridized carbons (Fsp3) is 0.231. The molecule has 0 fully saturated rings. The Labute approximate surface area is 110 Å². The Bertz CT molecular complexity index is 593. The Hall–Kier alpha value is -2.50.